The van der Waals surface area contributed by atoms with E-state index in [0.29, 0.717) is 30.6 Å². The minimum Gasteiger partial charge on any atom is -0.381 e. The van der Waals surface area contributed by atoms with Gasteiger partial charge in [-0.3, -0.25) is 0 Å². The fraction of sp³-hybridized carbons (Fsp3) is 0.421. The van der Waals surface area contributed by atoms with E-state index < -0.39 is 21.3 Å². The SMILES string of the molecule is CC1(C2CCOCC2)NC=C(c2nc(Nc3ccc(S(C)(=O)=O)cn3)ncc2F)N1.Cl. The van der Waals surface area contributed by atoms with Gasteiger partial charge in [0.25, 0.3) is 0 Å². The molecule has 1 saturated heterocycles. The van der Waals surface area contributed by atoms with Crippen LogP contribution in [-0.4, -0.2) is 48.5 Å². The molecule has 0 aromatic carbocycles. The van der Waals surface area contributed by atoms with E-state index in [1.165, 1.54) is 18.3 Å². The summed E-state index contributed by atoms with van der Waals surface area (Å²) >= 11 is 0. The van der Waals surface area contributed by atoms with Crippen LogP contribution in [0.5, 0.6) is 0 Å². The molecule has 0 bridgehead atoms. The quantitative estimate of drug-likeness (QED) is 0.604. The largest absolute Gasteiger partial charge is 0.381 e. The van der Waals surface area contributed by atoms with Crippen molar-refractivity contribution >= 4 is 39.7 Å². The van der Waals surface area contributed by atoms with Gasteiger partial charge < -0.3 is 20.7 Å². The molecule has 1 atom stereocenters. The molecule has 2 aromatic heterocycles. The van der Waals surface area contributed by atoms with E-state index in [2.05, 4.69) is 30.9 Å². The standard InChI is InChI=1S/C19H23FN6O3S.ClH/c1-19(12-5-7-29-8-6-12)23-11-15(26-19)17-14(20)10-22-18(25-17)24-16-4-3-13(9-21-16)30(2,27)28;/h3-4,9-12,23,26H,5-8H2,1-2H3,(H,21,22,24,25);1H. The van der Waals surface area contributed by atoms with E-state index in [1.807, 2.05) is 6.92 Å². The van der Waals surface area contributed by atoms with Crippen LogP contribution < -0.4 is 16.0 Å². The van der Waals surface area contributed by atoms with Gasteiger partial charge in [-0.2, -0.15) is 0 Å². The van der Waals surface area contributed by atoms with Crippen molar-refractivity contribution in [3.05, 3.63) is 42.2 Å². The molecule has 31 heavy (non-hydrogen) atoms. The number of anilines is 2. The van der Waals surface area contributed by atoms with Crippen molar-refractivity contribution in [2.24, 2.45) is 5.92 Å². The number of hydrogen-bond acceptors (Lipinski definition) is 9. The van der Waals surface area contributed by atoms with Crippen LogP contribution in [0.15, 0.2) is 35.6 Å². The monoisotopic (exact) mass is 470 g/mol. The number of rotatable bonds is 5. The zero-order valence-electron chi connectivity index (χ0n) is 17.1. The second-order valence-electron chi connectivity index (χ2n) is 7.58. The van der Waals surface area contributed by atoms with Gasteiger partial charge in [-0.15, -0.1) is 12.4 Å². The van der Waals surface area contributed by atoms with Crippen LogP contribution in [-0.2, 0) is 14.6 Å². The molecule has 0 spiro atoms. The summed E-state index contributed by atoms with van der Waals surface area (Å²) < 4.78 is 43.0. The Bertz CT molecular complexity index is 1080. The molecule has 0 aliphatic carbocycles. The molecule has 2 aromatic rings. The molecule has 0 amide bonds. The van der Waals surface area contributed by atoms with Gasteiger partial charge in [-0.25, -0.2) is 27.8 Å². The number of nitrogens with zero attached hydrogens (tertiary/aromatic N) is 3. The smallest absolute Gasteiger partial charge is 0.229 e. The highest BCUT2D eigenvalue weighted by molar-refractivity contribution is 7.90. The van der Waals surface area contributed by atoms with Crippen molar-refractivity contribution in [3.63, 3.8) is 0 Å². The maximum atomic E-state index is 14.5. The first-order valence-electron chi connectivity index (χ1n) is 9.54. The van der Waals surface area contributed by atoms with Crippen LogP contribution in [0.2, 0.25) is 0 Å². The number of sulfone groups is 1. The minimum atomic E-state index is -3.34. The lowest BCUT2D eigenvalue weighted by molar-refractivity contribution is 0.0336. The van der Waals surface area contributed by atoms with E-state index in [1.54, 1.807) is 6.20 Å². The highest BCUT2D eigenvalue weighted by Crippen LogP contribution is 2.31. The number of nitrogens with one attached hydrogen (secondary N) is 3. The first-order chi connectivity index (χ1) is 14.2. The summed E-state index contributed by atoms with van der Waals surface area (Å²) in [5.74, 6) is 0.268. The molecule has 2 aliphatic heterocycles. The Morgan fingerprint density at radius 1 is 1.23 bits per heavy atom. The summed E-state index contributed by atoms with van der Waals surface area (Å²) in [6, 6.07) is 2.93. The maximum absolute atomic E-state index is 14.5. The van der Waals surface area contributed by atoms with Crippen LogP contribution in [0, 0.1) is 11.7 Å². The molecule has 2 aliphatic rings. The van der Waals surface area contributed by atoms with E-state index in [9.17, 15) is 12.8 Å². The average molecular weight is 471 g/mol. The van der Waals surface area contributed by atoms with Gasteiger partial charge in [0.2, 0.25) is 5.95 Å². The molecule has 0 saturated carbocycles. The van der Waals surface area contributed by atoms with Gasteiger partial charge in [-0.05, 0) is 31.9 Å². The first-order valence-corrected chi connectivity index (χ1v) is 11.4. The van der Waals surface area contributed by atoms with Crippen molar-refractivity contribution in [2.45, 2.75) is 30.3 Å². The van der Waals surface area contributed by atoms with Gasteiger partial charge in [-0.1, -0.05) is 0 Å². The van der Waals surface area contributed by atoms with E-state index in [0.717, 1.165) is 25.3 Å². The molecule has 9 nitrogen and oxygen atoms in total. The Morgan fingerprint density at radius 3 is 2.61 bits per heavy atom. The summed E-state index contributed by atoms with van der Waals surface area (Å²) in [4.78, 5) is 12.4. The number of pyridine rings is 1. The van der Waals surface area contributed by atoms with Crippen molar-refractivity contribution < 1.29 is 17.5 Å². The normalized spacial score (nSPS) is 21.5. The zero-order valence-corrected chi connectivity index (χ0v) is 18.7. The summed E-state index contributed by atoms with van der Waals surface area (Å²) in [7, 11) is -3.34. The van der Waals surface area contributed by atoms with Gasteiger partial charge in [0.15, 0.2) is 15.7 Å². The second-order valence-corrected chi connectivity index (χ2v) is 9.60. The molecular weight excluding hydrogens is 447 g/mol. The third-order valence-electron chi connectivity index (χ3n) is 5.35. The van der Waals surface area contributed by atoms with Crippen molar-refractivity contribution in [3.8, 4) is 0 Å². The number of aromatic nitrogens is 3. The molecule has 1 unspecified atom stereocenters. The average Bonchev–Trinajstić information content (AvgIpc) is 3.13. The summed E-state index contributed by atoms with van der Waals surface area (Å²) in [5, 5.41) is 9.56. The molecule has 168 valence electrons. The van der Waals surface area contributed by atoms with Crippen molar-refractivity contribution in [1.29, 1.82) is 0 Å². The predicted octanol–water partition coefficient (Wildman–Crippen LogP) is 2.21. The van der Waals surface area contributed by atoms with Gasteiger partial charge in [0.1, 0.15) is 17.2 Å². The maximum Gasteiger partial charge on any atom is 0.229 e. The summed E-state index contributed by atoms with van der Waals surface area (Å²) in [5.41, 5.74) is 0.253. The molecular formula is C19H24ClFN6O3S. The van der Waals surface area contributed by atoms with Crippen molar-refractivity contribution in [1.82, 2.24) is 25.6 Å². The van der Waals surface area contributed by atoms with Crippen LogP contribution in [0.3, 0.4) is 0 Å². The van der Waals surface area contributed by atoms with E-state index in [4.69, 9.17) is 4.74 Å². The third kappa shape index (κ3) is 5.05. The number of halogens is 2. The lowest BCUT2D eigenvalue weighted by atomic mass is 9.87. The first kappa shape index (κ1) is 23.2. The Hall–Kier alpha value is -2.50. The van der Waals surface area contributed by atoms with Crippen LogP contribution in [0.1, 0.15) is 25.5 Å². The highest BCUT2D eigenvalue weighted by Gasteiger charge is 2.39. The lowest BCUT2D eigenvalue weighted by Gasteiger charge is -2.38. The molecule has 12 heteroatoms. The topological polar surface area (TPSA) is 118 Å². The third-order valence-corrected chi connectivity index (χ3v) is 6.45. The lowest BCUT2D eigenvalue weighted by Crippen LogP contribution is -2.54. The Labute approximate surface area is 186 Å². The highest BCUT2D eigenvalue weighted by atomic mass is 35.5. The predicted molar refractivity (Wildman–Crippen MR) is 116 cm³/mol. The fourth-order valence-electron chi connectivity index (χ4n) is 3.60. The van der Waals surface area contributed by atoms with Gasteiger partial charge in [0, 0.05) is 37.8 Å². The van der Waals surface area contributed by atoms with E-state index >= 15 is 0 Å². The van der Waals surface area contributed by atoms with Crippen LogP contribution >= 0.6 is 12.4 Å². The molecule has 3 N–H and O–H groups in total. The number of ether oxygens (including phenoxy) is 1. The van der Waals surface area contributed by atoms with Crippen LogP contribution in [0.25, 0.3) is 5.70 Å². The molecule has 4 heterocycles. The second kappa shape index (κ2) is 8.93. The minimum absolute atomic E-state index is 0. The van der Waals surface area contributed by atoms with Crippen molar-refractivity contribution in [2.75, 3.05) is 24.8 Å². The van der Waals surface area contributed by atoms with Gasteiger partial charge in [0.05, 0.1) is 16.8 Å². The summed E-state index contributed by atoms with van der Waals surface area (Å²) in [6.07, 6.45) is 6.98. The fourth-order valence-corrected chi connectivity index (χ4v) is 4.16. The zero-order chi connectivity index (χ0) is 21.4. The Kier molecular flexibility index (Phi) is 6.68. The number of hydrogen-bond donors (Lipinski definition) is 3. The Balaban J connectivity index is 0.00000272. The van der Waals surface area contributed by atoms with Crippen LogP contribution in [0.4, 0.5) is 16.2 Å². The Morgan fingerprint density at radius 2 is 1.97 bits per heavy atom. The molecule has 0 radical (unpaired) electrons. The molecule has 4 rings (SSSR count). The molecule has 1 fully saturated rings. The van der Waals surface area contributed by atoms with E-state index in [-0.39, 0.29) is 28.9 Å². The van der Waals surface area contributed by atoms with Gasteiger partial charge >= 0.3 is 0 Å². The summed E-state index contributed by atoms with van der Waals surface area (Å²) in [6.45, 7) is 3.46.